The van der Waals surface area contributed by atoms with Gasteiger partial charge in [-0.3, -0.25) is 0 Å². The Morgan fingerprint density at radius 3 is 2.68 bits per heavy atom. The molecule has 2 aromatic carbocycles. The third kappa shape index (κ3) is 3.28. The Bertz CT molecular complexity index is 1320. The minimum absolute atomic E-state index is 0.526. The van der Waals surface area contributed by atoms with Crippen molar-refractivity contribution in [3.8, 4) is 21.8 Å². The summed E-state index contributed by atoms with van der Waals surface area (Å²) < 4.78 is 6.12. The van der Waals surface area contributed by atoms with Gasteiger partial charge in [-0.2, -0.15) is 4.99 Å². The van der Waals surface area contributed by atoms with E-state index in [2.05, 4.69) is 52.6 Å². The number of aromatic nitrogens is 2. The first kappa shape index (κ1) is 17.0. The van der Waals surface area contributed by atoms with E-state index >= 15 is 0 Å². The Hall–Kier alpha value is -3.09. The number of aryl methyl sites for hydroxylation is 1. The average molecular weight is 402 g/mol. The molecule has 5 aromatic rings. The first-order valence-corrected chi connectivity index (χ1v) is 10.5. The van der Waals surface area contributed by atoms with Crippen LogP contribution in [0.3, 0.4) is 0 Å². The molecule has 0 fully saturated rings. The van der Waals surface area contributed by atoms with Crippen LogP contribution in [0.4, 0.5) is 5.13 Å². The molecule has 3 heterocycles. The van der Waals surface area contributed by atoms with Crippen LogP contribution in [0, 0.1) is 6.92 Å². The van der Waals surface area contributed by atoms with Gasteiger partial charge in [-0.15, -0.1) is 22.7 Å². The molecule has 0 aliphatic rings. The largest absolute Gasteiger partial charge is 0.438 e. The highest BCUT2D eigenvalue weighted by atomic mass is 32.1. The number of para-hydroxylation sites is 1. The average Bonchev–Trinajstić information content (AvgIpc) is 3.40. The molecule has 0 saturated carbocycles. The smallest absolute Gasteiger partial charge is 0.232 e. The van der Waals surface area contributed by atoms with E-state index in [1.165, 1.54) is 16.9 Å². The van der Waals surface area contributed by atoms with Crippen LogP contribution in [-0.2, 0) is 0 Å². The Balaban J connectivity index is 1.69. The van der Waals surface area contributed by atoms with Crippen molar-refractivity contribution in [2.24, 2.45) is 4.99 Å². The van der Waals surface area contributed by atoms with Crippen molar-refractivity contribution in [2.45, 2.75) is 6.92 Å². The summed E-state index contributed by atoms with van der Waals surface area (Å²) >= 11 is 3.06. The SMILES string of the molecule is Cc1ccc(-c2csc(-c3cc4ccccc4oc3=Nc3nccs3)n2)cc1. The molecule has 0 unspecified atom stereocenters. The molecule has 3 aromatic heterocycles. The molecule has 0 spiro atoms. The number of hydrogen-bond acceptors (Lipinski definition) is 6. The van der Waals surface area contributed by atoms with E-state index in [9.17, 15) is 0 Å². The molecule has 0 amide bonds. The third-order valence-electron chi connectivity index (χ3n) is 4.35. The Morgan fingerprint density at radius 1 is 1.00 bits per heavy atom. The molecule has 136 valence electrons. The van der Waals surface area contributed by atoms with Gasteiger partial charge in [0.15, 0.2) is 0 Å². The van der Waals surface area contributed by atoms with Gasteiger partial charge < -0.3 is 4.42 Å². The van der Waals surface area contributed by atoms with Gasteiger partial charge in [-0.1, -0.05) is 48.0 Å². The minimum Gasteiger partial charge on any atom is -0.438 e. The van der Waals surface area contributed by atoms with Crippen molar-refractivity contribution in [3.05, 3.63) is 82.7 Å². The van der Waals surface area contributed by atoms with Gasteiger partial charge >= 0.3 is 0 Å². The first-order chi connectivity index (χ1) is 13.8. The Morgan fingerprint density at radius 2 is 1.86 bits per heavy atom. The lowest BCUT2D eigenvalue weighted by molar-refractivity contribution is 0.547. The fraction of sp³-hybridized carbons (Fsp3) is 0.0455. The number of benzene rings is 2. The normalized spacial score (nSPS) is 12.0. The molecule has 5 rings (SSSR count). The summed E-state index contributed by atoms with van der Waals surface area (Å²) in [7, 11) is 0. The van der Waals surface area contributed by atoms with Crippen LogP contribution in [-0.4, -0.2) is 9.97 Å². The lowest BCUT2D eigenvalue weighted by Gasteiger charge is -2.02. The van der Waals surface area contributed by atoms with Crippen LogP contribution in [0.15, 0.2) is 81.0 Å². The van der Waals surface area contributed by atoms with Crippen LogP contribution >= 0.6 is 22.7 Å². The fourth-order valence-corrected chi connectivity index (χ4v) is 4.25. The minimum atomic E-state index is 0.526. The molecular weight excluding hydrogens is 386 g/mol. The highest BCUT2D eigenvalue weighted by Gasteiger charge is 2.12. The van der Waals surface area contributed by atoms with Crippen molar-refractivity contribution in [2.75, 3.05) is 0 Å². The second-order valence-corrected chi connectivity index (χ2v) is 8.06. The summed E-state index contributed by atoms with van der Waals surface area (Å²) in [6.07, 6.45) is 1.74. The lowest BCUT2D eigenvalue weighted by Crippen LogP contribution is -2.05. The Labute approximate surface area is 169 Å². The van der Waals surface area contributed by atoms with Gasteiger partial charge in [0.1, 0.15) is 10.6 Å². The van der Waals surface area contributed by atoms with Crippen LogP contribution in [0.2, 0.25) is 0 Å². The summed E-state index contributed by atoms with van der Waals surface area (Å²) in [4.78, 5) is 13.7. The molecule has 0 atom stereocenters. The summed E-state index contributed by atoms with van der Waals surface area (Å²) in [6.45, 7) is 2.08. The second kappa shape index (κ2) is 7.14. The quantitative estimate of drug-likeness (QED) is 0.360. The maximum atomic E-state index is 6.12. The molecule has 0 aliphatic heterocycles. The molecule has 0 aliphatic carbocycles. The molecule has 0 saturated heterocycles. The monoisotopic (exact) mass is 401 g/mol. The van der Waals surface area contributed by atoms with Crippen LogP contribution in [0.5, 0.6) is 0 Å². The van der Waals surface area contributed by atoms with Crippen molar-refractivity contribution in [1.29, 1.82) is 0 Å². The number of fused-ring (bicyclic) bond motifs is 1. The fourth-order valence-electron chi connectivity index (χ4n) is 2.92. The molecule has 4 nitrogen and oxygen atoms in total. The van der Waals surface area contributed by atoms with Crippen LogP contribution in [0.25, 0.3) is 32.8 Å². The zero-order valence-electron chi connectivity index (χ0n) is 15.0. The molecule has 0 N–H and O–H groups in total. The molecule has 0 bridgehead atoms. The van der Waals surface area contributed by atoms with E-state index in [4.69, 9.17) is 9.40 Å². The van der Waals surface area contributed by atoms with Gasteiger partial charge in [0.2, 0.25) is 10.7 Å². The number of hydrogen-bond donors (Lipinski definition) is 0. The second-order valence-electron chi connectivity index (χ2n) is 6.33. The van der Waals surface area contributed by atoms with Crippen LogP contribution < -0.4 is 5.55 Å². The first-order valence-electron chi connectivity index (χ1n) is 8.76. The van der Waals surface area contributed by atoms with E-state index in [0.717, 1.165) is 32.8 Å². The summed E-state index contributed by atoms with van der Waals surface area (Å²) in [5.74, 6) is 0. The molecule has 0 radical (unpaired) electrons. The number of nitrogens with zero attached hydrogens (tertiary/aromatic N) is 3. The van der Waals surface area contributed by atoms with Crippen molar-refractivity contribution in [3.63, 3.8) is 0 Å². The predicted octanol–water partition coefficient (Wildman–Crippen LogP) is 6.22. The Kier molecular flexibility index (Phi) is 4.35. The van der Waals surface area contributed by atoms with Gasteiger partial charge in [-0.05, 0) is 19.1 Å². The standard InChI is InChI=1S/C22H15N3OS2/c1-14-6-8-15(9-7-14)18-13-28-21(24-18)17-12-16-4-2-3-5-19(16)26-20(17)25-22-23-10-11-27-22/h2-13H,1H3. The topological polar surface area (TPSA) is 51.3 Å². The van der Waals surface area contributed by atoms with Gasteiger partial charge in [0.25, 0.3) is 0 Å². The highest BCUT2D eigenvalue weighted by Crippen LogP contribution is 2.29. The van der Waals surface area contributed by atoms with E-state index < -0.39 is 0 Å². The van der Waals surface area contributed by atoms with Crippen LogP contribution in [0.1, 0.15) is 5.56 Å². The molecule has 6 heteroatoms. The summed E-state index contributed by atoms with van der Waals surface area (Å²) in [5.41, 5.74) is 5.47. The summed E-state index contributed by atoms with van der Waals surface area (Å²) in [5, 5.41) is 6.53. The zero-order valence-corrected chi connectivity index (χ0v) is 16.6. The van der Waals surface area contributed by atoms with Crippen molar-refractivity contribution in [1.82, 2.24) is 9.97 Å². The maximum absolute atomic E-state index is 6.12. The van der Waals surface area contributed by atoms with Crippen molar-refractivity contribution >= 4 is 38.8 Å². The van der Waals surface area contributed by atoms with Gasteiger partial charge in [0, 0.05) is 27.9 Å². The van der Waals surface area contributed by atoms with Gasteiger partial charge in [-0.25, -0.2) is 9.97 Å². The predicted molar refractivity (Wildman–Crippen MR) is 115 cm³/mol. The molecular formula is C22H15N3OS2. The highest BCUT2D eigenvalue weighted by molar-refractivity contribution is 7.13. The van der Waals surface area contributed by atoms with E-state index in [1.54, 1.807) is 17.5 Å². The zero-order chi connectivity index (χ0) is 18.9. The third-order valence-corrected chi connectivity index (χ3v) is 5.90. The maximum Gasteiger partial charge on any atom is 0.232 e. The summed E-state index contributed by atoms with van der Waals surface area (Å²) in [6, 6.07) is 18.4. The number of thiazole rings is 2. The lowest BCUT2D eigenvalue weighted by atomic mass is 10.1. The molecule has 28 heavy (non-hydrogen) atoms. The number of rotatable bonds is 3. The van der Waals surface area contributed by atoms with E-state index in [0.29, 0.717) is 10.7 Å². The van der Waals surface area contributed by atoms with E-state index in [1.807, 2.05) is 29.6 Å². The van der Waals surface area contributed by atoms with Crippen molar-refractivity contribution < 1.29 is 4.42 Å². The van der Waals surface area contributed by atoms with Gasteiger partial charge in [0.05, 0.1) is 11.3 Å². The van der Waals surface area contributed by atoms with E-state index in [-0.39, 0.29) is 0 Å².